The number of nitrogens with zero attached hydrogens (tertiary/aromatic N) is 4. The highest BCUT2D eigenvalue weighted by Gasteiger charge is 2.27. The van der Waals surface area contributed by atoms with Crippen molar-refractivity contribution in [2.75, 3.05) is 32.8 Å². The molecule has 2 saturated heterocycles. The molecule has 1 aromatic heterocycles. The fraction of sp³-hybridized carbons (Fsp3) is 0.500. The number of piperidine rings is 1. The van der Waals surface area contributed by atoms with Crippen molar-refractivity contribution in [1.29, 1.82) is 0 Å². The SMILES string of the molecule is Cn1nccc1C(=O)N1CCCC(COc2ccccc2C(=O)N2CCCC2)C1. The van der Waals surface area contributed by atoms with Gasteiger partial charge in [0.25, 0.3) is 11.8 Å². The van der Waals surface area contributed by atoms with Gasteiger partial charge in [0.05, 0.1) is 12.2 Å². The van der Waals surface area contributed by atoms with Gasteiger partial charge in [-0.2, -0.15) is 5.10 Å². The largest absolute Gasteiger partial charge is 0.492 e. The van der Waals surface area contributed by atoms with E-state index in [0.29, 0.717) is 30.2 Å². The van der Waals surface area contributed by atoms with E-state index in [-0.39, 0.29) is 17.7 Å². The Labute approximate surface area is 171 Å². The van der Waals surface area contributed by atoms with E-state index in [2.05, 4.69) is 5.10 Å². The fourth-order valence-electron chi connectivity index (χ4n) is 4.20. The molecule has 2 amide bonds. The zero-order valence-corrected chi connectivity index (χ0v) is 16.9. The minimum atomic E-state index is 0.0133. The lowest BCUT2D eigenvalue weighted by Crippen LogP contribution is -2.42. The van der Waals surface area contributed by atoms with Crippen LogP contribution in [-0.4, -0.2) is 64.2 Å². The molecule has 4 rings (SSSR count). The number of benzene rings is 1. The van der Waals surface area contributed by atoms with Crippen molar-refractivity contribution >= 4 is 11.8 Å². The Bertz CT molecular complexity index is 872. The molecule has 0 spiro atoms. The Balaban J connectivity index is 1.38. The number of aryl methyl sites for hydroxylation is 1. The third-order valence-corrected chi connectivity index (χ3v) is 5.83. The number of amides is 2. The van der Waals surface area contributed by atoms with E-state index >= 15 is 0 Å². The molecule has 2 aliphatic rings. The average molecular weight is 396 g/mol. The van der Waals surface area contributed by atoms with E-state index < -0.39 is 0 Å². The first-order valence-electron chi connectivity index (χ1n) is 10.4. The highest BCUT2D eigenvalue weighted by molar-refractivity contribution is 5.97. The lowest BCUT2D eigenvalue weighted by Gasteiger charge is -2.32. The predicted octanol–water partition coefficient (Wildman–Crippen LogP) is 2.59. The zero-order valence-electron chi connectivity index (χ0n) is 16.9. The van der Waals surface area contributed by atoms with Crippen molar-refractivity contribution in [3.8, 4) is 5.75 Å². The van der Waals surface area contributed by atoms with Gasteiger partial charge in [0.1, 0.15) is 11.4 Å². The third kappa shape index (κ3) is 4.28. The highest BCUT2D eigenvalue weighted by atomic mass is 16.5. The van der Waals surface area contributed by atoms with Gasteiger partial charge in [-0.15, -0.1) is 0 Å². The first-order valence-corrected chi connectivity index (χ1v) is 10.4. The van der Waals surface area contributed by atoms with Crippen LogP contribution < -0.4 is 4.74 Å². The standard InChI is InChI=1S/C22H28N4O3/c1-24-19(10-11-23-24)22(28)26-14-6-7-17(15-26)16-29-20-9-3-2-8-18(20)21(27)25-12-4-5-13-25/h2-3,8-11,17H,4-7,12-16H2,1H3. The summed E-state index contributed by atoms with van der Waals surface area (Å²) in [5, 5.41) is 4.09. The van der Waals surface area contributed by atoms with Crippen molar-refractivity contribution in [3.05, 3.63) is 47.8 Å². The summed E-state index contributed by atoms with van der Waals surface area (Å²) in [7, 11) is 1.78. The number of likely N-dealkylation sites (tertiary alicyclic amines) is 2. The molecule has 154 valence electrons. The van der Waals surface area contributed by atoms with E-state index in [1.165, 1.54) is 0 Å². The van der Waals surface area contributed by atoms with Crippen LogP contribution in [0.1, 0.15) is 46.5 Å². The maximum atomic E-state index is 12.8. The first kappa shape index (κ1) is 19.5. The summed E-state index contributed by atoms with van der Waals surface area (Å²) in [5.74, 6) is 0.949. The van der Waals surface area contributed by atoms with Gasteiger partial charge in [-0.3, -0.25) is 14.3 Å². The van der Waals surface area contributed by atoms with Gasteiger partial charge in [0, 0.05) is 45.3 Å². The molecule has 0 saturated carbocycles. The molecule has 1 aromatic carbocycles. The van der Waals surface area contributed by atoms with Crippen LogP contribution in [0.25, 0.3) is 0 Å². The molecule has 7 heteroatoms. The monoisotopic (exact) mass is 396 g/mol. The van der Waals surface area contributed by atoms with E-state index in [0.717, 1.165) is 45.3 Å². The highest BCUT2D eigenvalue weighted by Crippen LogP contribution is 2.25. The number of carbonyl (C=O) groups excluding carboxylic acids is 2. The van der Waals surface area contributed by atoms with E-state index in [9.17, 15) is 9.59 Å². The molecule has 1 atom stereocenters. The second kappa shape index (κ2) is 8.68. The molecule has 0 radical (unpaired) electrons. The summed E-state index contributed by atoms with van der Waals surface area (Å²) < 4.78 is 7.71. The Morgan fingerprint density at radius 3 is 2.55 bits per heavy atom. The average Bonchev–Trinajstić information content (AvgIpc) is 3.43. The van der Waals surface area contributed by atoms with Gasteiger partial charge in [0.15, 0.2) is 0 Å². The van der Waals surface area contributed by atoms with Crippen molar-refractivity contribution in [3.63, 3.8) is 0 Å². The Hall–Kier alpha value is -2.83. The lowest BCUT2D eigenvalue weighted by molar-refractivity contribution is 0.0621. The molecule has 2 fully saturated rings. The Morgan fingerprint density at radius 1 is 1.03 bits per heavy atom. The van der Waals surface area contributed by atoms with Crippen LogP contribution in [0.2, 0.25) is 0 Å². The maximum absolute atomic E-state index is 12.8. The number of para-hydroxylation sites is 1. The Kier molecular flexibility index (Phi) is 5.83. The second-order valence-corrected chi connectivity index (χ2v) is 7.91. The number of aromatic nitrogens is 2. The van der Waals surface area contributed by atoms with E-state index in [1.54, 1.807) is 24.0 Å². The van der Waals surface area contributed by atoms with Crippen LogP contribution in [0.15, 0.2) is 36.5 Å². The van der Waals surface area contributed by atoms with Crippen molar-refractivity contribution in [1.82, 2.24) is 19.6 Å². The smallest absolute Gasteiger partial charge is 0.272 e. The number of rotatable bonds is 5. The molecular formula is C22H28N4O3. The fourth-order valence-corrected chi connectivity index (χ4v) is 4.20. The molecule has 0 N–H and O–H groups in total. The number of hydrogen-bond donors (Lipinski definition) is 0. The van der Waals surface area contributed by atoms with E-state index in [4.69, 9.17) is 4.74 Å². The van der Waals surface area contributed by atoms with Crippen molar-refractivity contribution < 1.29 is 14.3 Å². The molecular weight excluding hydrogens is 368 g/mol. The van der Waals surface area contributed by atoms with Crippen LogP contribution >= 0.6 is 0 Å². The summed E-state index contributed by atoms with van der Waals surface area (Å²) in [6.45, 7) is 3.55. The van der Waals surface area contributed by atoms with Gasteiger partial charge in [-0.25, -0.2) is 0 Å². The van der Waals surface area contributed by atoms with E-state index in [1.807, 2.05) is 34.1 Å². The van der Waals surface area contributed by atoms with Crippen LogP contribution in [-0.2, 0) is 7.05 Å². The number of carbonyl (C=O) groups is 2. The summed E-state index contributed by atoms with van der Waals surface area (Å²) in [6, 6.07) is 9.24. The van der Waals surface area contributed by atoms with Gasteiger partial charge < -0.3 is 14.5 Å². The minimum Gasteiger partial charge on any atom is -0.492 e. The van der Waals surface area contributed by atoms with Crippen molar-refractivity contribution in [2.45, 2.75) is 25.7 Å². The quantitative estimate of drug-likeness (QED) is 0.779. The summed E-state index contributed by atoms with van der Waals surface area (Å²) in [5.41, 5.74) is 1.24. The molecule has 29 heavy (non-hydrogen) atoms. The second-order valence-electron chi connectivity index (χ2n) is 7.91. The molecule has 0 bridgehead atoms. The molecule has 7 nitrogen and oxygen atoms in total. The third-order valence-electron chi connectivity index (χ3n) is 5.83. The first-order chi connectivity index (χ1) is 14.1. The van der Waals surface area contributed by atoms with Gasteiger partial charge in [-0.05, 0) is 43.9 Å². The minimum absolute atomic E-state index is 0.0133. The molecule has 3 heterocycles. The molecule has 0 aliphatic carbocycles. The maximum Gasteiger partial charge on any atom is 0.272 e. The number of ether oxygens (including phenoxy) is 1. The summed E-state index contributed by atoms with van der Waals surface area (Å²) in [4.78, 5) is 29.4. The zero-order chi connectivity index (χ0) is 20.2. The van der Waals surface area contributed by atoms with Crippen LogP contribution in [0.4, 0.5) is 0 Å². The van der Waals surface area contributed by atoms with Crippen LogP contribution in [0.3, 0.4) is 0 Å². The molecule has 1 unspecified atom stereocenters. The molecule has 2 aliphatic heterocycles. The van der Waals surface area contributed by atoms with Crippen LogP contribution in [0, 0.1) is 5.92 Å². The molecule has 2 aromatic rings. The summed E-state index contributed by atoms with van der Waals surface area (Å²) in [6.07, 6.45) is 5.74. The van der Waals surface area contributed by atoms with Gasteiger partial charge in [0.2, 0.25) is 0 Å². The van der Waals surface area contributed by atoms with Crippen LogP contribution in [0.5, 0.6) is 5.75 Å². The van der Waals surface area contributed by atoms with Crippen molar-refractivity contribution in [2.24, 2.45) is 13.0 Å². The topological polar surface area (TPSA) is 67.7 Å². The predicted molar refractivity (Wildman–Crippen MR) is 109 cm³/mol. The number of hydrogen-bond acceptors (Lipinski definition) is 4. The lowest BCUT2D eigenvalue weighted by atomic mass is 9.98. The van der Waals surface area contributed by atoms with Gasteiger partial charge in [-0.1, -0.05) is 12.1 Å². The Morgan fingerprint density at radius 2 is 1.79 bits per heavy atom. The normalized spacial score (nSPS) is 19.4. The summed E-state index contributed by atoms with van der Waals surface area (Å²) >= 11 is 0. The van der Waals surface area contributed by atoms with Gasteiger partial charge >= 0.3 is 0 Å².